The number of pyridine rings is 2. The minimum absolute atomic E-state index is 0.161. The monoisotopic (exact) mass is 296 g/mol. The molecule has 0 saturated heterocycles. The maximum Gasteiger partial charge on any atom is 0.150 e. The molecule has 2 unspecified atom stereocenters. The highest BCUT2D eigenvalue weighted by Crippen LogP contribution is 2.24. The summed E-state index contributed by atoms with van der Waals surface area (Å²) in [6.07, 6.45) is 5.63. The van der Waals surface area contributed by atoms with Gasteiger partial charge in [0.15, 0.2) is 0 Å². The molecule has 0 aliphatic heterocycles. The van der Waals surface area contributed by atoms with Gasteiger partial charge < -0.3 is 0 Å². The Kier molecular flexibility index (Phi) is 5.42. The average Bonchev–Trinajstić information content (AvgIpc) is 2.60. The molecule has 2 rings (SSSR count). The highest BCUT2D eigenvalue weighted by atomic mass is 16.1. The van der Waals surface area contributed by atoms with E-state index in [1.165, 1.54) is 11.1 Å². The van der Waals surface area contributed by atoms with Gasteiger partial charge in [-0.1, -0.05) is 26.0 Å². The third-order valence-corrected chi connectivity index (χ3v) is 4.25. The lowest BCUT2D eigenvalue weighted by Crippen LogP contribution is -2.18. The molecular weight excluding hydrogens is 272 g/mol. The molecule has 0 N–H and O–H groups in total. The first kappa shape index (κ1) is 16.3. The van der Waals surface area contributed by atoms with Gasteiger partial charge in [-0.25, -0.2) is 0 Å². The molecule has 0 bridgehead atoms. The number of carbonyl (C=O) groups is 1. The zero-order valence-electron chi connectivity index (χ0n) is 13.8. The predicted molar refractivity (Wildman–Crippen MR) is 89.1 cm³/mol. The molecule has 3 heteroatoms. The number of aromatic nitrogens is 2. The molecule has 22 heavy (non-hydrogen) atoms. The summed E-state index contributed by atoms with van der Waals surface area (Å²) in [4.78, 5) is 21.5. The van der Waals surface area contributed by atoms with Crippen molar-refractivity contribution < 1.29 is 4.79 Å². The molecule has 2 heterocycles. The molecule has 116 valence electrons. The molecule has 0 aliphatic carbocycles. The minimum Gasteiger partial charge on any atom is -0.298 e. The Bertz CT molecular complexity index is 561. The number of hydrogen-bond donors (Lipinski definition) is 0. The van der Waals surface area contributed by atoms with Crippen molar-refractivity contribution in [1.29, 1.82) is 0 Å². The van der Waals surface area contributed by atoms with Crippen LogP contribution in [0.4, 0.5) is 0 Å². The SMILES string of the molecule is CCc1ccc(C(C)C(=O)C(C)c2ccc(CC)cn2)nc1. The van der Waals surface area contributed by atoms with E-state index in [4.69, 9.17) is 0 Å². The van der Waals surface area contributed by atoms with Crippen molar-refractivity contribution in [3.8, 4) is 0 Å². The van der Waals surface area contributed by atoms with Crippen molar-refractivity contribution in [3.05, 3.63) is 59.2 Å². The smallest absolute Gasteiger partial charge is 0.150 e. The molecule has 0 spiro atoms. The fraction of sp³-hybridized carbons (Fsp3) is 0.421. The van der Waals surface area contributed by atoms with Crippen LogP contribution >= 0.6 is 0 Å². The van der Waals surface area contributed by atoms with Gasteiger partial charge in [0.25, 0.3) is 0 Å². The zero-order chi connectivity index (χ0) is 16.1. The van der Waals surface area contributed by atoms with Crippen LogP contribution < -0.4 is 0 Å². The predicted octanol–water partition coefficient (Wildman–Crippen LogP) is 4.08. The van der Waals surface area contributed by atoms with Gasteiger partial charge in [0, 0.05) is 12.4 Å². The van der Waals surface area contributed by atoms with E-state index in [9.17, 15) is 4.79 Å². The van der Waals surface area contributed by atoms with Crippen LogP contribution in [0.3, 0.4) is 0 Å². The molecule has 2 atom stereocenters. The van der Waals surface area contributed by atoms with E-state index in [2.05, 4.69) is 23.8 Å². The van der Waals surface area contributed by atoms with Crippen molar-refractivity contribution in [3.63, 3.8) is 0 Å². The van der Waals surface area contributed by atoms with Crippen molar-refractivity contribution in [2.75, 3.05) is 0 Å². The maximum absolute atomic E-state index is 12.7. The number of Topliss-reactive ketones (excluding diaryl/α,β-unsaturated/α-hetero) is 1. The lowest BCUT2D eigenvalue weighted by atomic mass is 9.90. The second-order valence-electron chi connectivity index (χ2n) is 5.74. The van der Waals surface area contributed by atoms with Gasteiger partial charge in [0.2, 0.25) is 0 Å². The van der Waals surface area contributed by atoms with Gasteiger partial charge in [-0.3, -0.25) is 14.8 Å². The van der Waals surface area contributed by atoms with Gasteiger partial charge in [0.1, 0.15) is 5.78 Å². The molecule has 0 aliphatic rings. The normalized spacial score (nSPS) is 13.6. The molecule has 0 amide bonds. The second kappa shape index (κ2) is 7.30. The highest BCUT2D eigenvalue weighted by molar-refractivity contribution is 5.90. The summed E-state index contributed by atoms with van der Waals surface area (Å²) < 4.78 is 0. The van der Waals surface area contributed by atoms with Crippen LogP contribution in [0.1, 0.15) is 62.0 Å². The summed E-state index contributed by atoms with van der Waals surface area (Å²) in [5.74, 6) is -0.268. The van der Waals surface area contributed by atoms with Crippen molar-refractivity contribution in [2.45, 2.75) is 52.4 Å². The number of aryl methyl sites for hydroxylation is 2. The average molecular weight is 296 g/mol. The first-order valence-electron chi connectivity index (χ1n) is 8.00. The number of carbonyl (C=O) groups excluding carboxylic acids is 1. The van der Waals surface area contributed by atoms with Crippen LogP contribution in [0.5, 0.6) is 0 Å². The number of hydrogen-bond acceptors (Lipinski definition) is 3. The number of rotatable bonds is 6. The van der Waals surface area contributed by atoms with Gasteiger partial charge >= 0.3 is 0 Å². The first-order valence-corrected chi connectivity index (χ1v) is 8.00. The molecule has 2 aromatic heterocycles. The molecule has 0 saturated carbocycles. The fourth-order valence-corrected chi connectivity index (χ4v) is 2.47. The largest absolute Gasteiger partial charge is 0.298 e. The van der Waals surface area contributed by atoms with Gasteiger partial charge in [-0.05, 0) is 49.9 Å². The van der Waals surface area contributed by atoms with Crippen molar-refractivity contribution in [2.24, 2.45) is 0 Å². The minimum atomic E-state index is -0.214. The second-order valence-corrected chi connectivity index (χ2v) is 5.74. The lowest BCUT2D eigenvalue weighted by Gasteiger charge is -2.16. The third-order valence-electron chi connectivity index (χ3n) is 4.25. The van der Waals surface area contributed by atoms with Crippen LogP contribution in [-0.2, 0) is 17.6 Å². The van der Waals surface area contributed by atoms with Gasteiger partial charge in [-0.2, -0.15) is 0 Å². The molecule has 3 nitrogen and oxygen atoms in total. The Morgan fingerprint density at radius 3 is 1.55 bits per heavy atom. The number of ketones is 1. The Morgan fingerprint density at radius 1 is 0.864 bits per heavy atom. The fourth-order valence-electron chi connectivity index (χ4n) is 2.47. The maximum atomic E-state index is 12.7. The quantitative estimate of drug-likeness (QED) is 0.806. The molecule has 2 aromatic rings. The van der Waals surface area contributed by atoms with Crippen LogP contribution in [0.25, 0.3) is 0 Å². The van der Waals surface area contributed by atoms with E-state index < -0.39 is 0 Å². The van der Waals surface area contributed by atoms with Gasteiger partial charge in [0.05, 0.1) is 23.2 Å². The van der Waals surface area contributed by atoms with E-state index in [0.717, 1.165) is 24.2 Å². The topological polar surface area (TPSA) is 42.9 Å². The van der Waals surface area contributed by atoms with Crippen LogP contribution in [0.2, 0.25) is 0 Å². The Balaban J connectivity index is 2.13. The summed E-state index contributed by atoms with van der Waals surface area (Å²) in [5.41, 5.74) is 4.04. The number of nitrogens with zero attached hydrogens (tertiary/aromatic N) is 2. The van der Waals surface area contributed by atoms with E-state index in [1.54, 1.807) is 0 Å². The summed E-state index contributed by atoms with van der Waals surface area (Å²) in [7, 11) is 0. The van der Waals surface area contributed by atoms with Crippen LogP contribution in [0, 0.1) is 0 Å². The molecule has 0 fully saturated rings. The van der Waals surface area contributed by atoms with Crippen molar-refractivity contribution >= 4 is 5.78 Å². The molecule has 0 aromatic carbocycles. The summed E-state index contributed by atoms with van der Waals surface area (Å²) in [6.45, 7) is 8.04. The summed E-state index contributed by atoms with van der Waals surface area (Å²) in [6, 6.07) is 8.01. The molecular formula is C19H24N2O. The van der Waals surface area contributed by atoms with E-state index in [0.29, 0.717) is 0 Å². The first-order chi connectivity index (χ1) is 10.6. The Labute approximate surface area is 132 Å². The summed E-state index contributed by atoms with van der Waals surface area (Å²) >= 11 is 0. The lowest BCUT2D eigenvalue weighted by molar-refractivity contribution is -0.121. The standard InChI is InChI=1S/C19H24N2O/c1-5-15-7-9-17(20-11-15)13(3)19(22)14(4)18-10-8-16(6-2)12-21-18/h7-14H,5-6H2,1-4H3. The van der Waals surface area contributed by atoms with Gasteiger partial charge in [-0.15, -0.1) is 0 Å². The Morgan fingerprint density at radius 2 is 1.27 bits per heavy atom. The van der Waals surface area contributed by atoms with Crippen LogP contribution in [-0.4, -0.2) is 15.8 Å². The third kappa shape index (κ3) is 3.59. The van der Waals surface area contributed by atoms with Crippen LogP contribution in [0.15, 0.2) is 36.7 Å². The summed E-state index contributed by atoms with van der Waals surface area (Å²) in [5, 5.41) is 0. The van der Waals surface area contributed by atoms with E-state index in [-0.39, 0.29) is 17.6 Å². The van der Waals surface area contributed by atoms with Crippen molar-refractivity contribution in [1.82, 2.24) is 9.97 Å². The zero-order valence-corrected chi connectivity index (χ0v) is 13.8. The Hall–Kier alpha value is -2.03. The highest BCUT2D eigenvalue weighted by Gasteiger charge is 2.24. The molecule has 0 radical (unpaired) electrons. The van der Waals surface area contributed by atoms with E-state index >= 15 is 0 Å². The van der Waals surface area contributed by atoms with E-state index in [1.807, 2.05) is 50.5 Å².